The molecule has 142 valence electrons. The molecule has 0 aliphatic carbocycles. The van der Waals surface area contributed by atoms with Crippen LogP contribution in [0.15, 0.2) is 50.7 Å². The van der Waals surface area contributed by atoms with Crippen LogP contribution in [0.25, 0.3) is 0 Å². The van der Waals surface area contributed by atoms with E-state index in [-0.39, 0.29) is 25.9 Å². The Bertz CT molecular complexity index is 920. The van der Waals surface area contributed by atoms with Gasteiger partial charge in [-0.3, -0.25) is 10.1 Å². The number of ether oxygens (including phenoxy) is 2. The number of hydrogen-bond acceptors (Lipinski definition) is 7. The van der Waals surface area contributed by atoms with Gasteiger partial charge in [0.05, 0.1) is 34.9 Å². The van der Waals surface area contributed by atoms with Gasteiger partial charge in [-0.1, -0.05) is 6.08 Å². The minimum Gasteiger partial charge on any atom is -0.465 e. The third-order valence-electron chi connectivity index (χ3n) is 3.67. The predicted octanol–water partition coefficient (Wildman–Crippen LogP) is 3.92. The minimum absolute atomic E-state index is 0.0498. The first-order valence-corrected chi connectivity index (χ1v) is 9.01. The fourth-order valence-corrected chi connectivity index (χ4v) is 4.33. The lowest BCUT2D eigenvalue weighted by atomic mass is 10.1. The van der Waals surface area contributed by atoms with Crippen molar-refractivity contribution in [2.75, 3.05) is 19.1 Å². The van der Waals surface area contributed by atoms with Crippen molar-refractivity contribution >= 4 is 55.2 Å². The van der Waals surface area contributed by atoms with E-state index in [0.717, 1.165) is 0 Å². The van der Waals surface area contributed by atoms with E-state index in [2.05, 4.69) is 31.9 Å². The number of nitro benzene ring substituents is 1. The van der Waals surface area contributed by atoms with Gasteiger partial charge in [0.2, 0.25) is 0 Å². The molecule has 0 amide bonds. The Balaban J connectivity index is 2.87. The van der Waals surface area contributed by atoms with E-state index in [1.54, 1.807) is 25.1 Å². The first kappa shape index (κ1) is 20.8. The average molecular weight is 502 g/mol. The smallest absolute Gasteiger partial charge is 0.355 e. The van der Waals surface area contributed by atoms with Gasteiger partial charge >= 0.3 is 11.9 Å². The summed E-state index contributed by atoms with van der Waals surface area (Å²) in [5, 5.41) is 11.5. The molecule has 0 fully saturated rings. The Hall–Kier alpha value is -2.46. The van der Waals surface area contributed by atoms with E-state index in [9.17, 15) is 19.7 Å². The maximum absolute atomic E-state index is 12.5. The molecule has 8 nitrogen and oxygen atoms in total. The van der Waals surface area contributed by atoms with Crippen LogP contribution in [0.2, 0.25) is 0 Å². The van der Waals surface area contributed by atoms with E-state index in [1.807, 2.05) is 0 Å². The van der Waals surface area contributed by atoms with Crippen molar-refractivity contribution in [1.82, 2.24) is 0 Å². The number of rotatable bonds is 4. The zero-order valence-corrected chi connectivity index (χ0v) is 17.7. The largest absolute Gasteiger partial charge is 0.465 e. The van der Waals surface area contributed by atoms with Gasteiger partial charge in [-0.15, -0.1) is 0 Å². The number of hydrogen-bond donors (Lipinski definition) is 0. The minimum atomic E-state index is -0.802. The van der Waals surface area contributed by atoms with Crippen molar-refractivity contribution in [3.63, 3.8) is 0 Å². The molecule has 2 rings (SSSR count). The molecule has 0 atom stereocenters. The molecule has 0 saturated heterocycles. The molecule has 0 spiro atoms. The average Bonchev–Trinajstić information content (AvgIpc) is 2.82. The maximum atomic E-state index is 12.5. The van der Waals surface area contributed by atoms with E-state index in [4.69, 9.17) is 9.47 Å². The monoisotopic (exact) mass is 500 g/mol. The number of carbonyl (C=O) groups excluding carboxylic acids is 2. The summed E-state index contributed by atoms with van der Waals surface area (Å²) in [6.45, 7) is 1.72. The quantitative estimate of drug-likeness (QED) is 0.350. The van der Waals surface area contributed by atoms with Crippen LogP contribution in [0.3, 0.4) is 0 Å². The number of aryl methyl sites for hydroxylation is 1. The lowest BCUT2D eigenvalue weighted by Gasteiger charge is -2.26. The second-order valence-corrected chi connectivity index (χ2v) is 6.91. The van der Waals surface area contributed by atoms with Gasteiger partial charge in [0, 0.05) is 6.20 Å². The summed E-state index contributed by atoms with van der Waals surface area (Å²) in [5.41, 5.74) is 0.522. The van der Waals surface area contributed by atoms with Crippen LogP contribution in [0.4, 0.5) is 11.4 Å². The Morgan fingerprint density at radius 2 is 1.78 bits per heavy atom. The van der Waals surface area contributed by atoms with Gasteiger partial charge in [0.25, 0.3) is 5.69 Å². The fourth-order valence-electron chi connectivity index (χ4n) is 2.52. The molecule has 1 heterocycles. The van der Waals surface area contributed by atoms with Gasteiger partial charge in [-0.05, 0) is 62.6 Å². The Labute approximate surface area is 171 Å². The van der Waals surface area contributed by atoms with Crippen LogP contribution in [0.1, 0.15) is 5.56 Å². The molecule has 1 aliphatic heterocycles. The maximum Gasteiger partial charge on any atom is 0.355 e. The molecule has 1 aliphatic rings. The zero-order valence-electron chi connectivity index (χ0n) is 14.5. The summed E-state index contributed by atoms with van der Waals surface area (Å²) in [6, 6.07) is 1.55. The Kier molecular flexibility index (Phi) is 6.55. The highest BCUT2D eigenvalue weighted by molar-refractivity contribution is 9.11. The number of halogens is 2. The van der Waals surface area contributed by atoms with Crippen LogP contribution in [0.5, 0.6) is 0 Å². The highest BCUT2D eigenvalue weighted by Gasteiger charge is 2.32. The molecule has 0 N–H and O–H groups in total. The van der Waals surface area contributed by atoms with E-state index >= 15 is 0 Å². The van der Waals surface area contributed by atoms with Gasteiger partial charge in [-0.2, -0.15) is 0 Å². The van der Waals surface area contributed by atoms with Gasteiger partial charge in [0.1, 0.15) is 10.2 Å². The number of nitrogens with zero attached hydrogens (tertiary/aromatic N) is 2. The summed E-state index contributed by atoms with van der Waals surface area (Å²) < 4.78 is 10.00. The Morgan fingerprint density at radius 1 is 1.15 bits per heavy atom. The van der Waals surface area contributed by atoms with Crippen LogP contribution < -0.4 is 4.90 Å². The number of allylic oxidation sites excluding steroid dienone is 2. The molecular weight excluding hydrogens is 488 g/mol. The SMILES string of the molecule is COC(=O)C1=C(C(=O)OC)N(c2c(C)cc(Br)c([N+](=O)[O-])c2Br)C=CC=C1. The lowest BCUT2D eigenvalue weighted by molar-refractivity contribution is -0.386. The standard InChI is InChI=1S/C17H14Br2N2O6/c1-9-8-11(18)15(21(24)25)12(19)13(9)20-7-5-4-6-10(16(22)26-2)14(20)17(23)27-3/h4-8H,1-3H3. The molecule has 0 unspecified atom stereocenters. The highest BCUT2D eigenvalue weighted by atomic mass is 79.9. The van der Waals surface area contributed by atoms with Crippen molar-refractivity contribution in [3.8, 4) is 0 Å². The number of anilines is 1. The van der Waals surface area contributed by atoms with Crippen LogP contribution in [-0.2, 0) is 19.1 Å². The Morgan fingerprint density at radius 3 is 2.33 bits per heavy atom. The second kappa shape index (κ2) is 8.49. The third-order valence-corrected chi connectivity index (χ3v) is 5.03. The fraction of sp³-hybridized carbons (Fsp3) is 0.176. The zero-order chi connectivity index (χ0) is 20.3. The van der Waals surface area contributed by atoms with Gasteiger partial charge < -0.3 is 14.4 Å². The van der Waals surface area contributed by atoms with Crippen LogP contribution in [0, 0.1) is 17.0 Å². The number of benzene rings is 1. The molecule has 0 aromatic heterocycles. The first-order valence-electron chi connectivity index (χ1n) is 7.42. The number of carbonyl (C=O) groups is 2. The van der Waals surface area contributed by atoms with Crippen LogP contribution in [-0.4, -0.2) is 31.1 Å². The summed E-state index contributed by atoms with van der Waals surface area (Å²) >= 11 is 6.44. The van der Waals surface area contributed by atoms with Crippen molar-refractivity contribution in [1.29, 1.82) is 0 Å². The van der Waals surface area contributed by atoms with E-state index in [1.165, 1.54) is 31.4 Å². The summed E-state index contributed by atoms with van der Waals surface area (Å²) in [5.74, 6) is -1.55. The van der Waals surface area contributed by atoms with Crippen molar-refractivity contribution in [2.45, 2.75) is 6.92 Å². The summed E-state index contributed by atoms with van der Waals surface area (Å²) in [7, 11) is 2.36. The third kappa shape index (κ3) is 3.96. The molecule has 1 aromatic carbocycles. The van der Waals surface area contributed by atoms with Crippen LogP contribution >= 0.6 is 31.9 Å². The molecule has 1 aromatic rings. The molecule has 0 bridgehead atoms. The first-order chi connectivity index (χ1) is 12.7. The predicted molar refractivity (Wildman–Crippen MR) is 105 cm³/mol. The van der Waals surface area contributed by atoms with Gasteiger partial charge in [0.15, 0.2) is 0 Å². The molecule has 0 saturated carbocycles. The second-order valence-electron chi connectivity index (χ2n) is 5.26. The van der Waals surface area contributed by atoms with Gasteiger partial charge in [-0.25, -0.2) is 9.59 Å². The number of esters is 2. The topological polar surface area (TPSA) is 99.0 Å². The van der Waals surface area contributed by atoms with Crippen molar-refractivity contribution in [2.24, 2.45) is 0 Å². The number of methoxy groups -OCH3 is 2. The molecule has 27 heavy (non-hydrogen) atoms. The molecule has 0 radical (unpaired) electrons. The lowest BCUT2D eigenvalue weighted by Crippen LogP contribution is -2.27. The summed E-state index contributed by atoms with van der Waals surface area (Å²) in [6.07, 6.45) is 6.04. The van der Waals surface area contributed by atoms with Crippen molar-refractivity contribution in [3.05, 3.63) is 66.4 Å². The molecular formula is C17H14Br2N2O6. The normalized spacial score (nSPS) is 13.4. The van der Waals surface area contributed by atoms with Crippen molar-refractivity contribution < 1.29 is 24.0 Å². The van der Waals surface area contributed by atoms with E-state index < -0.39 is 16.9 Å². The molecule has 10 heteroatoms. The van der Waals surface area contributed by atoms with E-state index in [0.29, 0.717) is 11.3 Å². The number of nitro groups is 1. The highest BCUT2D eigenvalue weighted by Crippen LogP contribution is 2.44. The summed E-state index contributed by atoms with van der Waals surface area (Å²) in [4.78, 5) is 37.0.